The first-order valence-corrected chi connectivity index (χ1v) is 5.98. The van der Waals surface area contributed by atoms with Crippen molar-refractivity contribution >= 4 is 40.8 Å². The van der Waals surface area contributed by atoms with Crippen molar-refractivity contribution in [1.82, 2.24) is 4.98 Å². The van der Waals surface area contributed by atoms with Crippen LogP contribution in [0.1, 0.15) is 6.42 Å². The highest BCUT2D eigenvalue weighted by Crippen LogP contribution is 2.35. The van der Waals surface area contributed by atoms with E-state index in [4.69, 9.17) is 23.2 Å². The molecule has 0 radical (unpaired) electrons. The number of carbonyl (C=O) groups excluding carboxylic acids is 2. The SMILES string of the molecule is COC(=O)C1CC(=O)N(c2c(Cl)ccnc2Cl)C1. The van der Waals surface area contributed by atoms with Crippen LogP contribution in [-0.2, 0) is 14.3 Å². The molecule has 0 spiro atoms. The smallest absolute Gasteiger partial charge is 0.311 e. The maximum absolute atomic E-state index is 11.9. The Balaban J connectivity index is 2.30. The number of carbonyl (C=O) groups is 2. The molecule has 1 aliphatic heterocycles. The molecule has 0 aromatic carbocycles. The molecule has 0 saturated carbocycles. The minimum absolute atomic E-state index is 0.0915. The van der Waals surface area contributed by atoms with Crippen molar-refractivity contribution in [2.45, 2.75) is 6.42 Å². The minimum Gasteiger partial charge on any atom is -0.469 e. The highest BCUT2D eigenvalue weighted by molar-refractivity contribution is 6.39. The van der Waals surface area contributed by atoms with E-state index >= 15 is 0 Å². The molecule has 2 rings (SSSR count). The third-order valence-electron chi connectivity index (χ3n) is 2.76. The molecule has 5 nitrogen and oxygen atoms in total. The Morgan fingerprint density at radius 2 is 2.28 bits per heavy atom. The second kappa shape index (κ2) is 5.12. The van der Waals surface area contributed by atoms with Crippen LogP contribution >= 0.6 is 23.2 Å². The number of amides is 1. The monoisotopic (exact) mass is 288 g/mol. The predicted octanol–water partition coefficient (Wildman–Crippen LogP) is 1.91. The van der Waals surface area contributed by atoms with Crippen LogP contribution in [0.25, 0.3) is 0 Å². The van der Waals surface area contributed by atoms with Gasteiger partial charge in [-0.2, -0.15) is 0 Å². The number of aromatic nitrogens is 1. The van der Waals surface area contributed by atoms with E-state index in [9.17, 15) is 9.59 Å². The van der Waals surface area contributed by atoms with Gasteiger partial charge in [0.2, 0.25) is 5.91 Å². The van der Waals surface area contributed by atoms with Crippen LogP contribution < -0.4 is 4.90 Å². The Morgan fingerprint density at radius 3 is 2.89 bits per heavy atom. The molecule has 1 aliphatic rings. The summed E-state index contributed by atoms with van der Waals surface area (Å²) in [6.45, 7) is 0.205. The van der Waals surface area contributed by atoms with Gasteiger partial charge in [-0.1, -0.05) is 23.2 Å². The predicted molar refractivity (Wildman–Crippen MR) is 66.7 cm³/mol. The zero-order valence-electron chi connectivity index (χ0n) is 9.52. The first-order chi connectivity index (χ1) is 8.54. The van der Waals surface area contributed by atoms with E-state index in [1.807, 2.05) is 0 Å². The lowest BCUT2D eigenvalue weighted by Gasteiger charge is -2.18. The molecule has 18 heavy (non-hydrogen) atoms. The molecule has 1 atom stereocenters. The van der Waals surface area contributed by atoms with E-state index in [1.54, 1.807) is 6.07 Å². The van der Waals surface area contributed by atoms with Crippen LogP contribution in [-0.4, -0.2) is 30.5 Å². The summed E-state index contributed by atoms with van der Waals surface area (Å²) in [5.74, 6) is -1.13. The van der Waals surface area contributed by atoms with Crippen molar-refractivity contribution in [2.75, 3.05) is 18.6 Å². The lowest BCUT2D eigenvalue weighted by Crippen LogP contribution is -2.27. The van der Waals surface area contributed by atoms with Crippen LogP contribution in [0, 0.1) is 5.92 Å². The maximum Gasteiger partial charge on any atom is 0.311 e. The number of anilines is 1. The van der Waals surface area contributed by atoms with Crippen LogP contribution in [0.2, 0.25) is 10.2 Å². The molecule has 1 aromatic rings. The van der Waals surface area contributed by atoms with Gasteiger partial charge in [0.25, 0.3) is 0 Å². The van der Waals surface area contributed by atoms with Crippen molar-refractivity contribution in [2.24, 2.45) is 5.92 Å². The summed E-state index contributed by atoms with van der Waals surface area (Å²) in [4.78, 5) is 28.6. The van der Waals surface area contributed by atoms with Crippen LogP contribution in [0.3, 0.4) is 0 Å². The number of halogens is 2. The number of hydrogen-bond donors (Lipinski definition) is 0. The van der Waals surface area contributed by atoms with Crippen molar-refractivity contribution < 1.29 is 14.3 Å². The van der Waals surface area contributed by atoms with E-state index in [-0.39, 0.29) is 24.0 Å². The molecule has 1 amide bonds. The van der Waals surface area contributed by atoms with E-state index in [0.29, 0.717) is 10.7 Å². The number of methoxy groups -OCH3 is 1. The standard InChI is InChI=1S/C11H10Cl2N2O3/c1-18-11(17)6-4-8(16)15(5-6)9-7(12)2-3-14-10(9)13/h2-3,6H,4-5H2,1H3. The number of rotatable bonds is 2. The van der Waals surface area contributed by atoms with Gasteiger partial charge in [0, 0.05) is 19.2 Å². The molecule has 1 saturated heterocycles. The van der Waals surface area contributed by atoms with Gasteiger partial charge >= 0.3 is 5.97 Å². The fourth-order valence-electron chi connectivity index (χ4n) is 1.90. The molecule has 96 valence electrons. The van der Waals surface area contributed by atoms with Crippen molar-refractivity contribution in [1.29, 1.82) is 0 Å². The zero-order chi connectivity index (χ0) is 13.3. The fourth-order valence-corrected chi connectivity index (χ4v) is 2.45. The topological polar surface area (TPSA) is 59.5 Å². The fraction of sp³-hybridized carbons (Fsp3) is 0.364. The van der Waals surface area contributed by atoms with Gasteiger partial charge in [0.05, 0.1) is 18.1 Å². The summed E-state index contributed by atoms with van der Waals surface area (Å²) in [5, 5.41) is 0.468. The van der Waals surface area contributed by atoms with Crippen LogP contribution in [0.4, 0.5) is 5.69 Å². The van der Waals surface area contributed by atoms with E-state index in [2.05, 4.69) is 9.72 Å². The Labute approximate surface area is 114 Å². The van der Waals surface area contributed by atoms with Gasteiger partial charge in [-0.15, -0.1) is 0 Å². The number of ether oxygens (including phenoxy) is 1. The molecule has 7 heteroatoms. The molecule has 0 bridgehead atoms. The van der Waals surface area contributed by atoms with Gasteiger partial charge in [-0.25, -0.2) is 4.98 Å². The van der Waals surface area contributed by atoms with Crippen LogP contribution in [0.15, 0.2) is 12.3 Å². The lowest BCUT2D eigenvalue weighted by atomic mass is 10.1. The van der Waals surface area contributed by atoms with Crippen molar-refractivity contribution in [3.63, 3.8) is 0 Å². The zero-order valence-corrected chi connectivity index (χ0v) is 11.0. The molecule has 0 N–H and O–H groups in total. The molecule has 2 heterocycles. The Bertz CT molecular complexity index is 487. The molecule has 1 fully saturated rings. The second-order valence-corrected chi connectivity index (χ2v) is 4.63. The van der Waals surface area contributed by atoms with E-state index < -0.39 is 11.9 Å². The average molecular weight is 289 g/mol. The van der Waals surface area contributed by atoms with Gasteiger partial charge in [-0.3, -0.25) is 9.59 Å². The first-order valence-electron chi connectivity index (χ1n) is 5.22. The van der Waals surface area contributed by atoms with Crippen LogP contribution in [0.5, 0.6) is 0 Å². The first kappa shape index (κ1) is 13.1. The minimum atomic E-state index is -0.491. The van der Waals surface area contributed by atoms with Gasteiger partial charge in [0.1, 0.15) is 5.69 Å². The third-order valence-corrected chi connectivity index (χ3v) is 3.34. The highest BCUT2D eigenvalue weighted by Gasteiger charge is 2.37. The molecular formula is C11H10Cl2N2O3. The third kappa shape index (κ3) is 2.28. The van der Waals surface area contributed by atoms with Gasteiger partial charge in [0.15, 0.2) is 5.15 Å². The Morgan fingerprint density at radius 1 is 1.56 bits per heavy atom. The quantitative estimate of drug-likeness (QED) is 0.616. The number of pyridine rings is 1. The average Bonchev–Trinajstić information content (AvgIpc) is 2.70. The Hall–Kier alpha value is -1.33. The molecular weight excluding hydrogens is 279 g/mol. The largest absolute Gasteiger partial charge is 0.469 e. The number of esters is 1. The van der Waals surface area contributed by atoms with Gasteiger partial charge in [-0.05, 0) is 6.07 Å². The summed E-state index contributed by atoms with van der Waals surface area (Å²) < 4.78 is 4.63. The lowest BCUT2D eigenvalue weighted by molar-refractivity contribution is -0.145. The summed E-state index contributed by atoms with van der Waals surface area (Å²) in [5.41, 5.74) is 0.345. The summed E-state index contributed by atoms with van der Waals surface area (Å²) in [6.07, 6.45) is 1.54. The highest BCUT2D eigenvalue weighted by atomic mass is 35.5. The second-order valence-electron chi connectivity index (χ2n) is 3.86. The molecule has 1 aromatic heterocycles. The van der Waals surface area contributed by atoms with E-state index in [1.165, 1.54) is 18.2 Å². The molecule has 0 aliphatic carbocycles. The summed E-state index contributed by atoms with van der Waals surface area (Å²) >= 11 is 11.9. The Kier molecular flexibility index (Phi) is 3.73. The van der Waals surface area contributed by atoms with E-state index in [0.717, 1.165) is 0 Å². The van der Waals surface area contributed by atoms with Gasteiger partial charge < -0.3 is 9.64 Å². The number of nitrogens with zero attached hydrogens (tertiary/aromatic N) is 2. The van der Waals surface area contributed by atoms with Crippen molar-refractivity contribution in [3.05, 3.63) is 22.4 Å². The maximum atomic E-state index is 11.9. The number of hydrogen-bond acceptors (Lipinski definition) is 4. The normalized spacial score (nSPS) is 19.2. The van der Waals surface area contributed by atoms with Crippen molar-refractivity contribution in [3.8, 4) is 0 Å². The summed E-state index contributed by atoms with van der Waals surface area (Å²) in [7, 11) is 1.29. The molecule has 1 unspecified atom stereocenters. The summed E-state index contributed by atoms with van der Waals surface area (Å²) in [6, 6.07) is 1.54.